The minimum atomic E-state index is -0.751. The van der Waals surface area contributed by atoms with Gasteiger partial charge in [0, 0.05) is 18.5 Å². The number of amides is 1. The van der Waals surface area contributed by atoms with Gasteiger partial charge in [0.05, 0.1) is 18.6 Å². The average Bonchev–Trinajstić information content (AvgIpc) is 2.60. The maximum absolute atomic E-state index is 12.2. The number of rotatable bonds is 3. The second-order valence-electron chi connectivity index (χ2n) is 5.02. The van der Waals surface area contributed by atoms with E-state index in [1.54, 1.807) is 29.2 Å². The summed E-state index contributed by atoms with van der Waals surface area (Å²) in [6, 6.07) is 6.58. The van der Waals surface area contributed by atoms with Gasteiger partial charge in [0.2, 0.25) is 0 Å². The number of fused-ring (bicyclic) bond motifs is 1. The van der Waals surface area contributed by atoms with Crippen LogP contribution in [0.2, 0.25) is 0 Å². The fourth-order valence-corrected chi connectivity index (χ4v) is 2.37. The smallest absolute Gasteiger partial charge is 0.359 e. The molecule has 1 aliphatic rings. The maximum atomic E-state index is 12.2. The molecule has 1 fully saturated rings. The highest BCUT2D eigenvalue weighted by Crippen LogP contribution is 2.13. The monoisotopic (exact) mass is 317 g/mol. The van der Waals surface area contributed by atoms with Crippen LogP contribution in [-0.2, 0) is 14.3 Å². The molecule has 23 heavy (non-hydrogen) atoms. The lowest BCUT2D eigenvalue weighted by Crippen LogP contribution is -2.42. The van der Waals surface area contributed by atoms with Crippen molar-refractivity contribution in [3.63, 3.8) is 0 Å². The fourth-order valence-electron chi connectivity index (χ4n) is 2.37. The van der Waals surface area contributed by atoms with E-state index in [4.69, 9.17) is 9.47 Å². The van der Waals surface area contributed by atoms with Crippen LogP contribution in [-0.4, -0.2) is 59.9 Å². The van der Waals surface area contributed by atoms with Crippen LogP contribution in [0.1, 0.15) is 10.5 Å². The predicted octanol–water partition coefficient (Wildman–Crippen LogP) is -0.0613. The van der Waals surface area contributed by atoms with E-state index in [0.29, 0.717) is 37.1 Å². The normalized spacial score (nSPS) is 14.7. The Balaban J connectivity index is 1.72. The van der Waals surface area contributed by atoms with Crippen LogP contribution >= 0.6 is 0 Å². The molecule has 0 radical (unpaired) electrons. The summed E-state index contributed by atoms with van der Waals surface area (Å²) in [6.45, 7) is 1.55. The summed E-state index contributed by atoms with van der Waals surface area (Å²) < 4.78 is 10.2. The molecule has 0 unspecified atom stereocenters. The topological polar surface area (TPSA) is 102 Å². The van der Waals surface area contributed by atoms with E-state index in [9.17, 15) is 14.4 Å². The standard InChI is InChI=1S/C15H15N3O5/c19-12(18-5-7-22-8-6-18)9-23-15(21)13-10-3-1-2-4-11(10)14(20)17-16-13/h1-4H,5-9H2,(H,17,20). The first-order valence-electron chi connectivity index (χ1n) is 7.17. The van der Waals surface area contributed by atoms with Gasteiger partial charge in [-0.1, -0.05) is 18.2 Å². The Kier molecular flexibility index (Phi) is 4.33. The van der Waals surface area contributed by atoms with Crippen molar-refractivity contribution < 1.29 is 19.1 Å². The molecule has 120 valence electrons. The highest BCUT2D eigenvalue weighted by Gasteiger charge is 2.20. The highest BCUT2D eigenvalue weighted by molar-refractivity contribution is 6.02. The lowest BCUT2D eigenvalue weighted by atomic mass is 10.1. The molecule has 0 atom stereocenters. The number of nitrogens with one attached hydrogen (secondary N) is 1. The average molecular weight is 317 g/mol. The first-order chi connectivity index (χ1) is 11.2. The number of carbonyl (C=O) groups is 2. The molecule has 0 bridgehead atoms. The van der Waals surface area contributed by atoms with Crippen molar-refractivity contribution in [1.29, 1.82) is 0 Å². The molecule has 2 heterocycles. The number of carbonyl (C=O) groups excluding carboxylic acids is 2. The molecule has 1 amide bonds. The van der Waals surface area contributed by atoms with E-state index in [2.05, 4.69) is 10.2 Å². The zero-order valence-electron chi connectivity index (χ0n) is 12.3. The number of aromatic nitrogens is 2. The van der Waals surface area contributed by atoms with Gasteiger partial charge < -0.3 is 14.4 Å². The van der Waals surface area contributed by atoms with Gasteiger partial charge in [-0.3, -0.25) is 9.59 Å². The fraction of sp³-hybridized carbons (Fsp3) is 0.333. The quantitative estimate of drug-likeness (QED) is 0.796. The summed E-state index contributed by atoms with van der Waals surface area (Å²) in [5.41, 5.74) is -0.406. The number of ether oxygens (including phenoxy) is 2. The zero-order valence-corrected chi connectivity index (χ0v) is 12.3. The van der Waals surface area contributed by atoms with E-state index in [1.165, 1.54) is 0 Å². The molecule has 3 rings (SSSR count). The van der Waals surface area contributed by atoms with Gasteiger partial charge in [-0.25, -0.2) is 9.89 Å². The molecule has 1 aromatic carbocycles. The summed E-state index contributed by atoms with van der Waals surface area (Å²) in [6.07, 6.45) is 0. The number of aromatic amines is 1. The van der Waals surface area contributed by atoms with E-state index < -0.39 is 5.97 Å². The van der Waals surface area contributed by atoms with Gasteiger partial charge in [-0.05, 0) is 6.07 Å². The minimum absolute atomic E-state index is 0.0185. The molecular weight excluding hydrogens is 302 g/mol. The van der Waals surface area contributed by atoms with Crippen molar-refractivity contribution in [1.82, 2.24) is 15.1 Å². The SMILES string of the molecule is O=C(OCC(=O)N1CCOCC1)c1n[nH]c(=O)c2ccccc12. The summed E-state index contributed by atoms with van der Waals surface area (Å²) in [5.74, 6) is -1.03. The molecule has 0 spiro atoms. The number of hydrogen-bond donors (Lipinski definition) is 1. The van der Waals surface area contributed by atoms with E-state index in [0.717, 1.165) is 0 Å². The van der Waals surface area contributed by atoms with Crippen LogP contribution < -0.4 is 5.56 Å². The van der Waals surface area contributed by atoms with Crippen LogP contribution in [0.4, 0.5) is 0 Å². The molecule has 1 N–H and O–H groups in total. The van der Waals surface area contributed by atoms with Crippen LogP contribution in [0.5, 0.6) is 0 Å². The first kappa shape index (κ1) is 15.2. The summed E-state index contributed by atoms with van der Waals surface area (Å²) in [7, 11) is 0. The highest BCUT2D eigenvalue weighted by atomic mass is 16.5. The Labute approximate surface area is 131 Å². The van der Waals surface area contributed by atoms with Gasteiger partial charge in [0.25, 0.3) is 11.5 Å². The van der Waals surface area contributed by atoms with Gasteiger partial charge >= 0.3 is 5.97 Å². The third-order valence-corrected chi connectivity index (χ3v) is 3.58. The number of H-pyrrole nitrogens is 1. The molecular formula is C15H15N3O5. The predicted molar refractivity (Wildman–Crippen MR) is 80.0 cm³/mol. The molecule has 1 saturated heterocycles. The van der Waals surface area contributed by atoms with Crippen LogP contribution in [0, 0.1) is 0 Å². The van der Waals surface area contributed by atoms with Crippen LogP contribution in [0.25, 0.3) is 10.8 Å². The van der Waals surface area contributed by atoms with Crippen molar-refractivity contribution in [2.24, 2.45) is 0 Å². The molecule has 0 saturated carbocycles. The van der Waals surface area contributed by atoms with Crippen molar-refractivity contribution in [3.8, 4) is 0 Å². The zero-order chi connectivity index (χ0) is 16.2. The number of esters is 1. The Morgan fingerprint density at radius 3 is 2.65 bits per heavy atom. The van der Waals surface area contributed by atoms with E-state index >= 15 is 0 Å². The Morgan fingerprint density at radius 2 is 1.91 bits per heavy atom. The Hall–Kier alpha value is -2.74. The largest absolute Gasteiger partial charge is 0.451 e. The third-order valence-electron chi connectivity index (χ3n) is 3.58. The number of benzene rings is 1. The lowest BCUT2D eigenvalue weighted by molar-refractivity contribution is -0.138. The first-order valence-corrected chi connectivity index (χ1v) is 7.17. The van der Waals surface area contributed by atoms with Crippen LogP contribution in [0.15, 0.2) is 29.1 Å². The second kappa shape index (κ2) is 6.57. The molecule has 8 nitrogen and oxygen atoms in total. The number of nitrogens with zero attached hydrogens (tertiary/aromatic N) is 2. The van der Waals surface area contributed by atoms with Gasteiger partial charge in [-0.2, -0.15) is 5.10 Å². The molecule has 8 heteroatoms. The van der Waals surface area contributed by atoms with E-state index in [1.807, 2.05) is 0 Å². The third kappa shape index (κ3) is 3.21. The van der Waals surface area contributed by atoms with Crippen molar-refractivity contribution in [2.75, 3.05) is 32.9 Å². The van der Waals surface area contributed by atoms with Gasteiger partial charge in [-0.15, -0.1) is 0 Å². The summed E-state index contributed by atoms with van der Waals surface area (Å²) >= 11 is 0. The molecule has 1 aromatic heterocycles. The van der Waals surface area contributed by atoms with Crippen molar-refractivity contribution >= 4 is 22.6 Å². The summed E-state index contributed by atoms with van der Waals surface area (Å²) in [4.78, 5) is 37.4. The van der Waals surface area contributed by atoms with E-state index in [-0.39, 0.29) is 23.8 Å². The van der Waals surface area contributed by atoms with Crippen molar-refractivity contribution in [2.45, 2.75) is 0 Å². The van der Waals surface area contributed by atoms with Crippen molar-refractivity contribution in [3.05, 3.63) is 40.3 Å². The molecule has 1 aliphatic heterocycles. The second-order valence-corrected chi connectivity index (χ2v) is 5.02. The number of hydrogen-bond acceptors (Lipinski definition) is 6. The van der Waals surface area contributed by atoms with Gasteiger partial charge in [0.15, 0.2) is 12.3 Å². The number of morpholine rings is 1. The Bertz CT molecular complexity index is 795. The van der Waals surface area contributed by atoms with Crippen LogP contribution in [0.3, 0.4) is 0 Å². The molecule has 0 aliphatic carbocycles. The molecule has 2 aromatic rings. The minimum Gasteiger partial charge on any atom is -0.451 e. The summed E-state index contributed by atoms with van der Waals surface area (Å²) in [5, 5.41) is 6.73. The maximum Gasteiger partial charge on any atom is 0.359 e. The van der Waals surface area contributed by atoms with Gasteiger partial charge in [0.1, 0.15) is 0 Å². The Morgan fingerprint density at radius 1 is 1.22 bits per heavy atom. The lowest BCUT2D eigenvalue weighted by Gasteiger charge is -2.26.